The molecule has 1 aliphatic heterocycles. The highest BCUT2D eigenvalue weighted by atomic mass is 19.4. The van der Waals surface area contributed by atoms with Crippen LogP contribution in [0.3, 0.4) is 0 Å². The molecule has 2 aromatic rings. The van der Waals surface area contributed by atoms with E-state index in [2.05, 4.69) is 5.32 Å². The lowest BCUT2D eigenvalue weighted by atomic mass is 10.0. The predicted molar refractivity (Wildman–Crippen MR) is 91.6 cm³/mol. The zero-order valence-electron chi connectivity index (χ0n) is 14.4. The quantitative estimate of drug-likeness (QED) is 0.879. The Hall–Kier alpha value is -2.70. The highest BCUT2D eigenvalue weighted by Gasteiger charge is 2.47. The molecule has 27 heavy (non-hydrogen) atoms. The van der Waals surface area contributed by atoms with E-state index in [1.807, 2.05) is 6.07 Å². The maximum atomic E-state index is 13.1. The van der Waals surface area contributed by atoms with Crippen LogP contribution in [0, 0.1) is 5.92 Å². The van der Waals surface area contributed by atoms with E-state index in [1.54, 1.807) is 18.2 Å². The van der Waals surface area contributed by atoms with E-state index in [0.717, 1.165) is 11.6 Å². The number of rotatable bonds is 4. The summed E-state index contributed by atoms with van der Waals surface area (Å²) in [6.45, 7) is 1.27. The van der Waals surface area contributed by atoms with Gasteiger partial charge >= 0.3 is 6.18 Å². The van der Waals surface area contributed by atoms with Crippen LogP contribution in [0.1, 0.15) is 29.0 Å². The fraction of sp³-hybridized carbons (Fsp3) is 0.350. The van der Waals surface area contributed by atoms with Gasteiger partial charge in [0.2, 0.25) is 5.91 Å². The molecule has 2 atom stereocenters. The minimum atomic E-state index is -4.41. The molecule has 1 aliphatic carbocycles. The molecule has 0 aromatic heterocycles. The molecule has 1 N–H and O–H groups in total. The largest absolute Gasteiger partial charge is 0.486 e. The Balaban J connectivity index is 1.39. The van der Waals surface area contributed by atoms with Crippen molar-refractivity contribution in [2.24, 2.45) is 5.92 Å². The third-order valence-corrected chi connectivity index (χ3v) is 4.87. The summed E-state index contributed by atoms with van der Waals surface area (Å²) in [6, 6.07) is 10.9. The van der Waals surface area contributed by atoms with Gasteiger partial charge in [-0.3, -0.25) is 4.79 Å². The molecule has 1 heterocycles. The summed E-state index contributed by atoms with van der Waals surface area (Å²) in [6.07, 6.45) is -3.98. The van der Waals surface area contributed by atoms with Crippen LogP contribution in [0.5, 0.6) is 11.5 Å². The molecule has 0 saturated heterocycles. The van der Waals surface area contributed by atoms with E-state index in [0.29, 0.717) is 37.7 Å². The molecule has 0 radical (unpaired) electrons. The van der Waals surface area contributed by atoms with Crippen molar-refractivity contribution in [2.75, 3.05) is 13.2 Å². The van der Waals surface area contributed by atoms with Gasteiger partial charge < -0.3 is 14.8 Å². The van der Waals surface area contributed by atoms with Crippen LogP contribution in [-0.2, 0) is 17.5 Å². The minimum absolute atomic E-state index is 0.199. The van der Waals surface area contributed by atoms with Gasteiger partial charge in [0.05, 0.1) is 5.56 Å². The lowest BCUT2D eigenvalue weighted by molar-refractivity contribution is -0.138. The number of halogens is 3. The normalized spacial score (nSPS) is 20.9. The van der Waals surface area contributed by atoms with Crippen LogP contribution < -0.4 is 14.8 Å². The van der Waals surface area contributed by atoms with Crippen molar-refractivity contribution in [1.82, 2.24) is 5.32 Å². The molecule has 0 bridgehead atoms. The average Bonchev–Trinajstić information content (AvgIpc) is 3.46. The molecule has 7 heteroatoms. The van der Waals surface area contributed by atoms with Crippen molar-refractivity contribution in [2.45, 2.75) is 25.1 Å². The summed E-state index contributed by atoms with van der Waals surface area (Å²) in [5.74, 6) is 0.263. The van der Waals surface area contributed by atoms with Gasteiger partial charge in [0.15, 0.2) is 11.5 Å². The molecule has 1 fully saturated rings. The standard InChI is InChI=1S/C20H18F3NO3/c21-20(22,23)16-4-2-1-3-13(16)14-10-15(14)19(25)24-11-12-5-6-17-18(9-12)27-8-7-26-17/h1-6,9,14-15H,7-8,10-11H2,(H,24,25)/t14-,15-/m0/s1. The smallest absolute Gasteiger partial charge is 0.416 e. The van der Waals surface area contributed by atoms with E-state index in [1.165, 1.54) is 12.1 Å². The van der Waals surface area contributed by atoms with Gasteiger partial charge in [-0.2, -0.15) is 13.2 Å². The number of ether oxygens (including phenoxy) is 2. The first kappa shape index (κ1) is 17.7. The predicted octanol–water partition coefficient (Wildman–Crippen LogP) is 3.90. The number of carbonyl (C=O) groups excluding carboxylic acids is 1. The van der Waals surface area contributed by atoms with Gasteiger partial charge in [0.1, 0.15) is 13.2 Å². The minimum Gasteiger partial charge on any atom is -0.486 e. The van der Waals surface area contributed by atoms with Crippen LogP contribution in [0.15, 0.2) is 42.5 Å². The average molecular weight is 377 g/mol. The maximum Gasteiger partial charge on any atom is 0.416 e. The van der Waals surface area contributed by atoms with Crippen LogP contribution in [0.4, 0.5) is 13.2 Å². The zero-order chi connectivity index (χ0) is 19.0. The summed E-state index contributed by atoms with van der Waals surface area (Å²) in [7, 11) is 0. The van der Waals surface area contributed by atoms with Gasteiger partial charge in [-0.1, -0.05) is 24.3 Å². The van der Waals surface area contributed by atoms with E-state index in [4.69, 9.17) is 9.47 Å². The number of benzene rings is 2. The number of nitrogens with one attached hydrogen (secondary N) is 1. The molecule has 1 saturated carbocycles. The molecular weight excluding hydrogens is 359 g/mol. The Morgan fingerprint density at radius 3 is 2.59 bits per heavy atom. The third-order valence-electron chi connectivity index (χ3n) is 4.87. The summed E-state index contributed by atoms with van der Waals surface area (Å²) in [5.41, 5.74) is 0.391. The van der Waals surface area contributed by atoms with Crippen molar-refractivity contribution < 1.29 is 27.4 Å². The van der Waals surface area contributed by atoms with Crippen LogP contribution >= 0.6 is 0 Å². The highest BCUT2D eigenvalue weighted by molar-refractivity contribution is 5.83. The molecule has 0 spiro atoms. The maximum absolute atomic E-state index is 13.1. The second-order valence-electron chi connectivity index (χ2n) is 6.73. The van der Waals surface area contributed by atoms with Gasteiger partial charge in [-0.25, -0.2) is 0 Å². The number of hydrogen-bond acceptors (Lipinski definition) is 3. The fourth-order valence-electron chi connectivity index (χ4n) is 3.42. The van der Waals surface area contributed by atoms with E-state index >= 15 is 0 Å². The molecule has 4 nitrogen and oxygen atoms in total. The van der Waals surface area contributed by atoms with E-state index < -0.39 is 17.7 Å². The SMILES string of the molecule is O=C(NCc1ccc2c(c1)OCCO2)[C@H]1C[C@H]1c1ccccc1C(F)(F)F. The Labute approximate surface area is 154 Å². The Bertz CT molecular complexity index is 866. The fourth-order valence-corrected chi connectivity index (χ4v) is 3.42. The van der Waals surface area contributed by atoms with Crippen LogP contribution in [-0.4, -0.2) is 19.1 Å². The summed E-state index contributed by atoms with van der Waals surface area (Å²) in [4.78, 5) is 12.4. The number of alkyl halides is 3. The second kappa shape index (κ2) is 6.79. The topological polar surface area (TPSA) is 47.6 Å². The van der Waals surface area contributed by atoms with Crippen molar-refractivity contribution >= 4 is 5.91 Å². The summed E-state index contributed by atoms with van der Waals surface area (Å²) in [5, 5.41) is 2.81. The molecular formula is C20H18F3NO3. The molecule has 2 aliphatic rings. The number of amides is 1. The Morgan fingerprint density at radius 2 is 1.81 bits per heavy atom. The van der Waals surface area contributed by atoms with E-state index in [9.17, 15) is 18.0 Å². The van der Waals surface area contributed by atoms with Crippen LogP contribution in [0.2, 0.25) is 0 Å². The Morgan fingerprint density at radius 1 is 1.07 bits per heavy atom. The number of fused-ring (bicyclic) bond motifs is 1. The highest BCUT2D eigenvalue weighted by Crippen LogP contribution is 2.51. The van der Waals surface area contributed by atoms with Crippen molar-refractivity contribution in [3.63, 3.8) is 0 Å². The first-order chi connectivity index (χ1) is 12.9. The van der Waals surface area contributed by atoms with Gasteiger partial charge in [0, 0.05) is 12.5 Å². The zero-order valence-corrected chi connectivity index (χ0v) is 14.4. The molecule has 142 valence electrons. The molecule has 2 aromatic carbocycles. The van der Waals surface area contributed by atoms with Crippen molar-refractivity contribution in [3.05, 3.63) is 59.2 Å². The third kappa shape index (κ3) is 3.72. The molecule has 4 rings (SSSR count). The Kier molecular flexibility index (Phi) is 4.45. The monoisotopic (exact) mass is 377 g/mol. The second-order valence-corrected chi connectivity index (χ2v) is 6.73. The lowest BCUT2D eigenvalue weighted by Gasteiger charge is -2.19. The number of hydrogen-bond donors (Lipinski definition) is 1. The molecule has 0 unspecified atom stereocenters. The number of carbonyl (C=O) groups is 1. The van der Waals surface area contributed by atoms with Gasteiger partial charge in [-0.15, -0.1) is 0 Å². The lowest BCUT2D eigenvalue weighted by Crippen LogP contribution is -2.25. The molecule has 1 amide bonds. The first-order valence-electron chi connectivity index (χ1n) is 8.76. The summed E-state index contributed by atoms with van der Waals surface area (Å²) < 4.78 is 50.4. The van der Waals surface area contributed by atoms with E-state index in [-0.39, 0.29) is 17.4 Å². The summed E-state index contributed by atoms with van der Waals surface area (Å²) >= 11 is 0. The van der Waals surface area contributed by atoms with Crippen molar-refractivity contribution in [3.8, 4) is 11.5 Å². The van der Waals surface area contributed by atoms with Crippen molar-refractivity contribution in [1.29, 1.82) is 0 Å². The van der Waals surface area contributed by atoms with Crippen LogP contribution in [0.25, 0.3) is 0 Å². The first-order valence-corrected chi connectivity index (χ1v) is 8.76. The van der Waals surface area contributed by atoms with Gasteiger partial charge in [0.25, 0.3) is 0 Å². The van der Waals surface area contributed by atoms with Gasteiger partial charge in [-0.05, 0) is 41.7 Å².